The predicted octanol–water partition coefficient (Wildman–Crippen LogP) is 2.85. The number of ether oxygens (including phenoxy) is 1. The third-order valence-corrected chi connectivity index (χ3v) is 6.32. The Bertz CT molecular complexity index is 878. The molecule has 3 aliphatic carbocycles. The Morgan fingerprint density at radius 3 is 2.89 bits per heavy atom. The molecule has 1 aliphatic heterocycles. The molecule has 2 aromatic rings. The van der Waals surface area contributed by atoms with Crippen LogP contribution in [0.3, 0.4) is 0 Å². The van der Waals surface area contributed by atoms with Gasteiger partial charge in [0.1, 0.15) is 11.5 Å². The molecule has 4 aliphatic rings. The van der Waals surface area contributed by atoms with Crippen LogP contribution in [0.5, 0.6) is 5.75 Å². The molecule has 1 spiro atoms. The fourth-order valence-corrected chi connectivity index (χ4v) is 5.00. The van der Waals surface area contributed by atoms with Gasteiger partial charge in [0.2, 0.25) is 5.91 Å². The Balaban J connectivity index is 1.32. The number of hydrogen-bond donors (Lipinski definition) is 2. The van der Waals surface area contributed by atoms with Crippen molar-refractivity contribution in [2.45, 2.75) is 38.0 Å². The maximum Gasteiger partial charge on any atom is 0.258 e. The maximum absolute atomic E-state index is 12.7. The highest BCUT2D eigenvalue weighted by Gasteiger charge is 2.57. The second-order valence-corrected chi connectivity index (χ2v) is 7.82. The number of amides is 2. The van der Waals surface area contributed by atoms with E-state index in [0.717, 1.165) is 25.0 Å². The molecule has 2 heterocycles. The molecule has 3 fully saturated rings. The van der Waals surface area contributed by atoms with Crippen molar-refractivity contribution in [3.05, 3.63) is 54.0 Å². The fourth-order valence-electron chi connectivity index (χ4n) is 5.00. The molecule has 6 nitrogen and oxygen atoms in total. The van der Waals surface area contributed by atoms with Crippen molar-refractivity contribution in [2.24, 2.45) is 17.8 Å². The van der Waals surface area contributed by atoms with Crippen molar-refractivity contribution in [2.75, 3.05) is 0 Å². The lowest BCUT2D eigenvalue weighted by molar-refractivity contribution is -0.146. The molecule has 1 aromatic carbocycles. The van der Waals surface area contributed by atoms with Gasteiger partial charge in [0.25, 0.3) is 5.91 Å². The highest BCUT2D eigenvalue weighted by molar-refractivity contribution is 5.98. The number of furan rings is 1. The quantitative estimate of drug-likeness (QED) is 0.875. The molecular weight excluding hydrogens is 344 g/mol. The number of hydrogen-bond acceptors (Lipinski definition) is 4. The first kappa shape index (κ1) is 16.4. The van der Waals surface area contributed by atoms with E-state index in [1.807, 2.05) is 30.3 Å². The van der Waals surface area contributed by atoms with Crippen LogP contribution in [-0.4, -0.2) is 17.5 Å². The van der Waals surface area contributed by atoms with Gasteiger partial charge in [0.05, 0.1) is 18.4 Å². The zero-order chi connectivity index (χ0) is 18.4. The van der Waals surface area contributed by atoms with Crippen LogP contribution < -0.4 is 15.4 Å². The van der Waals surface area contributed by atoms with E-state index in [4.69, 9.17) is 9.15 Å². The first-order chi connectivity index (χ1) is 13.1. The molecule has 27 heavy (non-hydrogen) atoms. The SMILES string of the molecule is O=C1N[C@@]2(C[C@H]3CC[C@@H]2C[C@@H]3C(=O)NCc2ccco2)Oc2ccccc21. The second-order valence-electron chi connectivity index (χ2n) is 7.82. The average Bonchev–Trinajstić information content (AvgIpc) is 3.20. The number of fused-ring (bicyclic) bond motifs is 3. The summed E-state index contributed by atoms with van der Waals surface area (Å²) in [4.78, 5) is 25.3. The standard InChI is InChI=1S/C21H22N2O4/c24-19(22-12-15-4-3-9-26-15)17-10-14-8-7-13(17)11-21(14)23-20(25)16-5-1-2-6-18(16)27-21/h1-6,9,13-14,17H,7-8,10-12H2,(H,22,24)(H,23,25)/t13-,14-,17+,21+/m1/s1. The molecule has 2 bridgehead atoms. The topological polar surface area (TPSA) is 80.6 Å². The van der Waals surface area contributed by atoms with E-state index < -0.39 is 5.72 Å². The van der Waals surface area contributed by atoms with Crippen LogP contribution in [0.25, 0.3) is 0 Å². The van der Waals surface area contributed by atoms with Gasteiger partial charge in [-0.15, -0.1) is 0 Å². The normalized spacial score (nSPS) is 31.1. The minimum absolute atomic E-state index is 0.0398. The van der Waals surface area contributed by atoms with E-state index in [9.17, 15) is 9.59 Å². The highest BCUT2D eigenvalue weighted by Crippen LogP contribution is 2.52. The predicted molar refractivity (Wildman–Crippen MR) is 96.8 cm³/mol. The summed E-state index contributed by atoms with van der Waals surface area (Å²) >= 11 is 0. The summed E-state index contributed by atoms with van der Waals surface area (Å²) in [6.45, 7) is 0.408. The molecular formula is C21H22N2O4. The van der Waals surface area contributed by atoms with Crippen LogP contribution in [0, 0.1) is 17.8 Å². The Morgan fingerprint density at radius 1 is 1.22 bits per heavy atom. The van der Waals surface area contributed by atoms with Crippen molar-refractivity contribution in [1.82, 2.24) is 10.6 Å². The Hall–Kier alpha value is -2.76. The number of carbonyl (C=O) groups excluding carboxylic acids is 2. The minimum atomic E-state index is -0.674. The van der Waals surface area contributed by atoms with Gasteiger partial charge in [-0.05, 0) is 49.4 Å². The number of carbonyl (C=O) groups is 2. The van der Waals surface area contributed by atoms with Crippen LogP contribution >= 0.6 is 0 Å². The van der Waals surface area contributed by atoms with Gasteiger partial charge in [-0.25, -0.2) is 0 Å². The largest absolute Gasteiger partial charge is 0.467 e. The molecule has 1 aromatic heterocycles. The van der Waals surface area contributed by atoms with Gasteiger partial charge >= 0.3 is 0 Å². The smallest absolute Gasteiger partial charge is 0.258 e. The molecule has 140 valence electrons. The zero-order valence-electron chi connectivity index (χ0n) is 14.9. The zero-order valence-corrected chi connectivity index (χ0v) is 14.9. The van der Waals surface area contributed by atoms with Crippen molar-refractivity contribution >= 4 is 11.8 Å². The van der Waals surface area contributed by atoms with E-state index >= 15 is 0 Å². The lowest BCUT2D eigenvalue weighted by Gasteiger charge is -2.55. The minimum Gasteiger partial charge on any atom is -0.467 e. The average molecular weight is 366 g/mol. The van der Waals surface area contributed by atoms with Crippen LogP contribution in [0.2, 0.25) is 0 Å². The van der Waals surface area contributed by atoms with Gasteiger partial charge in [0.15, 0.2) is 5.72 Å². The van der Waals surface area contributed by atoms with Gasteiger partial charge in [-0.3, -0.25) is 9.59 Å². The van der Waals surface area contributed by atoms with E-state index in [1.165, 1.54) is 0 Å². The van der Waals surface area contributed by atoms with Crippen LogP contribution in [0.1, 0.15) is 41.8 Å². The molecule has 2 amide bonds. The number of benzene rings is 1. The first-order valence-electron chi connectivity index (χ1n) is 9.55. The van der Waals surface area contributed by atoms with E-state index in [2.05, 4.69) is 10.6 Å². The Morgan fingerprint density at radius 2 is 2.11 bits per heavy atom. The Labute approximate surface area is 157 Å². The number of para-hydroxylation sites is 1. The summed E-state index contributed by atoms with van der Waals surface area (Å²) in [5.74, 6) is 1.69. The molecule has 0 radical (unpaired) electrons. The molecule has 0 saturated heterocycles. The molecule has 6 rings (SSSR count). The number of rotatable bonds is 3. The van der Waals surface area contributed by atoms with Crippen molar-refractivity contribution < 1.29 is 18.7 Å². The van der Waals surface area contributed by atoms with Crippen molar-refractivity contribution in [1.29, 1.82) is 0 Å². The Kier molecular flexibility index (Phi) is 3.74. The van der Waals surface area contributed by atoms with Crippen molar-refractivity contribution in [3.63, 3.8) is 0 Å². The molecule has 6 heteroatoms. The van der Waals surface area contributed by atoms with Crippen LogP contribution in [-0.2, 0) is 11.3 Å². The molecule has 4 atom stereocenters. The van der Waals surface area contributed by atoms with Gasteiger partial charge < -0.3 is 19.8 Å². The monoisotopic (exact) mass is 366 g/mol. The van der Waals surface area contributed by atoms with Gasteiger partial charge in [0, 0.05) is 18.3 Å². The van der Waals surface area contributed by atoms with Gasteiger partial charge in [-0.2, -0.15) is 0 Å². The maximum atomic E-state index is 12.7. The molecule has 0 unspecified atom stereocenters. The van der Waals surface area contributed by atoms with Gasteiger partial charge in [-0.1, -0.05) is 12.1 Å². The summed E-state index contributed by atoms with van der Waals surface area (Å²) in [6.07, 6.45) is 4.98. The molecule has 2 N–H and O–H groups in total. The van der Waals surface area contributed by atoms with E-state index in [-0.39, 0.29) is 29.6 Å². The van der Waals surface area contributed by atoms with E-state index in [1.54, 1.807) is 12.3 Å². The van der Waals surface area contributed by atoms with Crippen LogP contribution in [0.15, 0.2) is 47.1 Å². The summed E-state index contributed by atoms with van der Waals surface area (Å²) < 4.78 is 11.6. The first-order valence-corrected chi connectivity index (χ1v) is 9.55. The number of nitrogens with one attached hydrogen (secondary N) is 2. The lowest BCUT2D eigenvalue weighted by Crippen LogP contribution is -2.66. The molecule has 3 saturated carbocycles. The summed E-state index contributed by atoms with van der Waals surface area (Å²) in [7, 11) is 0. The third-order valence-electron chi connectivity index (χ3n) is 6.32. The van der Waals surface area contributed by atoms with E-state index in [0.29, 0.717) is 24.3 Å². The fraction of sp³-hybridized carbons (Fsp3) is 0.429. The second kappa shape index (κ2) is 6.15. The highest BCUT2D eigenvalue weighted by atomic mass is 16.5. The van der Waals surface area contributed by atoms with Crippen molar-refractivity contribution in [3.8, 4) is 5.75 Å². The lowest BCUT2D eigenvalue weighted by atomic mass is 9.60. The summed E-state index contributed by atoms with van der Waals surface area (Å²) in [5.41, 5.74) is -0.0936. The third kappa shape index (κ3) is 2.71. The van der Waals surface area contributed by atoms with Crippen LogP contribution in [0.4, 0.5) is 0 Å². The summed E-state index contributed by atoms with van der Waals surface area (Å²) in [6, 6.07) is 11.0. The summed E-state index contributed by atoms with van der Waals surface area (Å²) in [5, 5.41) is 6.12.